The van der Waals surface area contributed by atoms with Gasteiger partial charge in [-0.1, -0.05) is 24.3 Å². The zero-order valence-electron chi connectivity index (χ0n) is 16.3. The van der Waals surface area contributed by atoms with Crippen LogP contribution >= 0.6 is 0 Å². The van der Waals surface area contributed by atoms with Crippen molar-refractivity contribution < 1.29 is 14.3 Å². The van der Waals surface area contributed by atoms with Gasteiger partial charge in [0.05, 0.1) is 19.8 Å². The number of carbonyl (C=O) groups is 1. The molecule has 0 N–H and O–H groups in total. The van der Waals surface area contributed by atoms with Gasteiger partial charge in [0.15, 0.2) is 0 Å². The molecular weight excluding hydrogens is 342 g/mol. The first kappa shape index (κ1) is 19.6. The molecule has 2 aromatic rings. The molecule has 1 aliphatic heterocycles. The summed E-state index contributed by atoms with van der Waals surface area (Å²) in [6.07, 6.45) is 4.84. The molecule has 0 radical (unpaired) electrons. The third-order valence-corrected chi connectivity index (χ3v) is 5.19. The molecule has 0 unspecified atom stereocenters. The Bertz CT molecular complexity index is 719. The molecule has 146 valence electrons. The Hall–Kier alpha value is -2.18. The van der Waals surface area contributed by atoms with Gasteiger partial charge < -0.3 is 14.4 Å². The number of nitrogens with zero attached hydrogens (tertiary/aromatic N) is 3. The fourth-order valence-corrected chi connectivity index (χ4v) is 3.52. The van der Waals surface area contributed by atoms with Crippen molar-refractivity contribution in [3.63, 3.8) is 0 Å². The molecule has 1 aliphatic rings. The first-order valence-corrected chi connectivity index (χ1v) is 9.59. The molecule has 1 amide bonds. The van der Waals surface area contributed by atoms with Crippen LogP contribution in [0.3, 0.4) is 0 Å². The standard InChI is InChI=1S/C21H29N3O3/c1-23-20(7-10-22-23)21(25)24-11-8-18(9-12-24)15-17-3-5-19(6-4-17)16-27-14-13-26-2/h3-7,10,18H,8-9,11-16H2,1-2H3. The van der Waals surface area contributed by atoms with Crippen molar-refractivity contribution >= 4 is 5.91 Å². The van der Waals surface area contributed by atoms with E-state index in [-0.39, 0.29) is 5.91 Å². The van der Waals surface area contributed by atoms with E-state index in [1.165, 1.54) is 11.1 Å². The second-order valence-corrected chi connectivity index (χ2v) is 7.14. The lowest BCUT2D eigenvalue weighted by atomic mass is 9.90. The van der Waals surface area contributed by atoms with Gasteiger partial charge in [0.2, 0.25) is 0 Å². The molecule has 1 fully saturated rings. The molecule has 0 spiro atoms. The van der Waals surface area contributed by atoms with E-state index in [4.69, 9.17) is 9.47 Å². The average Bonchev–Trinajstić information content (AvgIpc) is 3.12. The van der Waals surface area contributed by atoms with E-state index in [0.717, 1.165) is 32.4 Å². The minimum absolute atomic E-state index is 0.0891. The summed E-state index contributed by atoms with van der Waals surface area (Å²) in [4.78, 5) is 14.5. The lowest BCUT2D eigenvalue weighted by molar-refractivity contribution is 0.0616. The molecule has 27 heavy (non-hydrogen) atoms. The van der Waals surface area contributed by atoms with Gasteiger partial charge in [0, 0.05) is 33.4 Å². The quantitative estimate of drug-likeness (QED) is 0.670. The maximum absolute atomic E-state index is 12.6. The molecule has 0 atom stereocenters. The summed E-state index contributed by atoms with van der Waals surface area (Å²) < 4.78 is 12.2. The van der Waals surface area contributed by atoms with Gasteiger partial charge in [-0.3, -0.25) is 9.48 Å². The van der Waals surface area contributed by atoms with Crippen molar-refractivity contribution in [3.8, 4) is 0 Å². The number of aromatic nitrogens is 2. The highest BCUT2D eigenvalue weighted by molar-refractivity contribution is 5.92. The molecule has 1 aromatic carbocycles. The van der Waals surface area contributed by atoms with Crippen molar-refractivity contribution in [1.29, 1.82) is 0 Å². The predicted octanol–water partition coefficient (Wildman–Crippen LogP) is 2.68. The smallest absolute Gasteiger partial charge is 0.272 e. The van der Waals surface area contributed by atoms with Crippen molar-refractivity contribution in [2.45, 2.75) is 25.9 Å². The number of piperidine rings is 1. The number of rotatable bonds is 8. The van der Waals surface area contributed by atoms with E-state index in [9.17, 15) is 4.79 Å². The minimum Gasteiger partial charge on any atom is -0.382 e. The fraction of sp³-hybridized carbons (Fsp3) is 0.524. The first-order valence-electron chi connectivity index (χ1n) is 9.59. The van der Waals surface area contributed by atoms with Gasteiger partial charge in [0.25, 0.3) is 5.91 Å². The maximum Gasteiger partial charge on any atom is 0.272 e. The Morgan fingerprint density at radius 2 is 1.81 bits per heavy atom. The Kier molecular flexibility index (Phi) is 7.01. The Balaban J connectivity index is 1.44. The SMILES string of the molecule is COCCOCc1ccc(CC2CCN(C(=O)c3ccnn3C)CC2)cc1. The summed E-state index contributed by atoms with van der Waals surface area (Å²) in [5.74, 6) is 0.718. The van der Waals surface area contributed by atoms with Crippen LogP contribution in [-0.2, 0) is 29.5 Å². The van der Waals surface area contributed by atoms with E-state index in [1.54, 1.807) is 24.1 Å². The monoisotopic (exact) mass is 371 g/mol. The van der Waals surface area contributed by atoms with Gasteiger partial charge in [-0.25, -0.2) is 0 Å². The highest BCUT2D eigenvalue weighted by atomic mass is 16.5. The summed E-state index contributed by atoms with van der Waals surface area (Å²) >= 11 is 0. The third-order valence-electron chi connectivity index (χ3n) is 5.19. The number of carbonyl (C=O) groups excluding carboxylic acids is 1. The second kappa shape index (κ2) is 9.67. The molecule has 3 rings (SSSR count). The van der Waals surface area contributed by atoms with Crippen molar-refractivity contribution in [2.24, 2.45) is 13.0 Å². The number of amides is 1. The van der Waals surface area contributed by atoms with E-state index in [1.807, 2.05) is 11.9 Å². The molecular formula is C21H29N3O3. The summed E-state index contributed by atoms with van der Waals surface area (Å²) in [6.45, 7) is 3.51. The Morgan fingerprint density at radius 1 is 1.11 bits per heavy atom. The predicted molar refractivity (Wildman–Crippen MR) is 104 cm³/mol. The largest absolute Gasteiger partial charge is 0.382 e. The topological polar surface area (TPSA) is 56.6 Å². The summed E-state index contributed by atoms with van der Waals surface area (Å²) in [7, 11) is 3.49. The van der Waals surface area contributed by atoms with Crippen LogP contribution in [0.25, 0.3) is 0 Å². The number of hydrogen-bond acceptors (Lipinski definition) is 4. The molecule has 0 bridgehead atoms. The highest BCUT2D eigenvalue weighted by Gasteiger charge is 2.25. The van der Waals surface area contributed by atoms with E-state index in [0.29, 0.717) is 31.4 Å². The number of hydrogen-bond donors (Lipinski definition) is 0. The zero-order chi connectivity index (χ0) is 19.1. The van der Waals surface area contributed by atoms with Gasteiger partial charge >= 0.3 is 0 Å². The van der Waals surface area contributed by atoms with Gasteiger partial charge in [0.1, 0.15) is 5.69 Å². The van der Waals surface area contributed by atoms with Gasteiger partial charge in [-0.15, -0.1) is 0 Å². The Labute approximate surface area is 161 Å². The van der Waals surface area contributed by atoms with Crippen LogP contribution in [0.4, 0.5) is 0 Å². The third kappa shape index (κ3) is 5.40. The highest BCUT2D eigenvalue weighted by Crippen LogP contribution is 2.23. The van der Waals surface area contributed by atoms with Crippen LogP contribution in [0.2, 0.25) is 0 Å². The normalized spacial score (nSPS) is 15.3. The van der Waals surface area contributed by atoms with Crippen LogP contribution in [0.1, 0.15) is 34.5 Å². The minimum atomic E-state index is 0.0891. The number of likely N-dealkylation sites (tertiary alicyclic amines) is 1. The van der Waals surface area contributed by atoms with E-state index >= 15 is 0 Å². The zero-order valence-corrected chi connectivity index (χ0v) is 16.3. The fourth-order valence-electron chi connectivity index (χ4n) is 3.52. The average molecular weight is 371 g/mol. The van der Waals surface area contributed by atoms with Crippen molar-refractivity contribution in [3.05, 3.63) is 53.3 Å². The summed E-state index contributed by atoms with van der Waals surface area (Å²) in [5, 5.41) is 4.09. The number of ether oxygens (including phenoxy) is 2. The maximum atomic E-state index is 12.6. The van der Waals surface area contributed by atoms with Crippen LogP contribution in [-0.4, -0.2) is 54.0 Å². The number of benzene rings is 1. The lowest BCUT2D eigenvalue weighted by Gasteiger charge is -2.32. The van der Waals surface area contributed by atoms with Gasteiger partial charge in [-0.2, -0.15) is 5.10 Å². The summed E-state index contributed by atoms with van der Waals surface area (Å²) in [5.41, 5.74) is 3.20. The molecule has 6 heteroatoms. The second-order valence-electron chi connectivity index (χ2n) is 7.14. The Morgan fingerprint density at radius 3 is 2.44 bits per heavy atom. The van der Waals surface area contributed by atoms with Crippen molar-refractivity contribution in [2.75, 3.05) is 33.4 Å². The van der Waals surface area contributed by atoms with E-state index in [2.05, 4.69) is 29.4 Å². The molecule has 1 saturated heterocycles. The molecule has 1 aromatic heterocycles. The number of methoxy groups -OCH3 is 1. The lowest BCUT2D eigenvalue weighted by Crippen LogP contribution is -2.39. The van der Waals surface area contributed by atoms with Crippen LogP contribution in [0.5, 0.6) is 0 Å². The van der Waals surface area contributed by atoms with Crippen LogP contribution < -0.4 is 0 Å². The van der Waals surface area contributed by atoms with E-state index < -0.39 is 0 Å². The van der Waals surface area contributed by atoms with Crippen LogP contribution in [0.15, 0.2) is 36.5 Å². The van der Waals surface area contributed by atoms with Crippen molar-refractivity contribution in [1.82, 2.24) is 14.7 Å². The molecule has 0 saturated carbocycles. The molecule has 0 aliphatic carbocycles. The number of aryl methyl sites for hydroxylation is 1. The summed E-state index contributed by atoms with van der Waals surface area (Å²) in [6, 6.07) is 10.5. The molecule has 2 heterocycles. The van der Waals surface area contributed by atoms with Crippen LogP contribution in [0, 0.1) is 5.92 Å². The first-order chi connectivity index (χ1) is 13.2. The van der Waals surface area contributed by atoms with Gasteiger partial charge in [-0.05, 0) is 42.4 Å². The molecule has 6 nitrogen and oxygen atoms in total.